The first kappa shape index (κ1) is 20.5. The maximum atomic E-state index is 12.8. The third-order valence-corrected chi connectivity index (χ3v) is 6.19. The number of anilines is 2. The number of amides is 3. The smallest absolute Gasteiger partial charge is 0.312 e. The molecule has 154 valence electrons. The average molecular weight is 486 g/mol. The van der Waals surface area contributed by atoms with Gasteiger partial charge >= 0.3 is 6.03 Å². The zero-order valence-corrected chi connectivity index (χ0v) is 18.7. The van der Waals surface area contributed by atoms with Crippen molar-refractivity contribution in [3.05, 3.63) is 58.6 Å². The molecule has 1 aromatic heterocycles. The van der Waals surface area contributed by atoms with Gasteiger partial charge in [0.25, 0.3) is 0 Å². The molecule has 1 aliphatic heterocycles. The van der Waals surface area contributed by atoms with Crippen molar-refractivity contribution >= 4 is 50.0 Å². The van der Waals surface area contributed by atoms with E-state index in [9.17, 15) is 9.59 Å². The van der Waals surface area contributed by atoms with Gasteiger partial charge in [0.1, 0.15) is 11.0 Å². The molecule has 2 aromatic carbocycles. The number of halogens is 1. The predicted octanol–water partition coefficient (Wildman–Crippen LogP) is 4.91. The minimum atomic E-state index is -0.538. The summed E-state index contributed by atoms with van der Waals surface area (Å²) in [5.41, 5.74) is 2.77. The van der Waals surface area contributed by atoms with Crippen LogP contribution in [0.3, 0.4) is 0 Å². The zero-order chi connectivity index (χ0) is 21.1. The molecule has 2 N–H and O–H groups in total. The van der Waals surface area contributed by atoms with Crippen molar-refractivity contribution in [3.63, 3.8) is 0 Å². The molecule has 30 heavy (non-hydrogen) atoms. The highest BCUT2D eigenvalue weighted by atomic mass is 79.9. The quantitative estimate of drug-likeness (QED) is 0.549. The van der Waals surface area contributed by atoms with Gasteiger partial charge in [-0.25, -0.2) is 4.79 Å². The Hall–Kier alpha value is -2.78. The second kappa shape index (κ2) is 8.93. The number of carbonyl (C=O) groups is 2. The fourth-order valence-corrected chi connectivity index (χ4v) is 4.54. The third-order valence-electron chi connectivity index (χ3n) is 4.81. The Bertz CT molecular complexity index is 1090. The second-order valence-electron chi connectivity index (χ2n) is 7.06. The van der Waals surface area contributed by atoms with E-state index >= 15 is 0 Å². The van der Waals surface area contributed by atoms with E-state index in [4.69, 9.17) is 0 Å². The maximum absolute atomic E-state index is 12.8. The minimum absolute atomic E-state index is 0.246. The molecule has 0 aliphatic carbocycles. The Morgan fingerprint density at radius 1 is 1.13 bits per heavy atom. The number of aryl methyl sites for hydroxylation is 1. The number of carbonyl (C=O) groups excluding carboxylic acids is 2. The summed E-state index contributed by atoms with van der Waals surface area (Å²) in [7, 11) is 0. The molecule has 4 rings (SSSR count). The van der Waals surface area contributed by atoms with Crippen LogP contribution in [0.25, 0.3) is 10.6 Å². The van der Waals surface area contributed by atoms with Gasteiger partial charge in [0.15, 0.2) is 0 Å². The van der Waals surface area contributed by atoms with Crippen molar-refractivity contribution in [2.24, 2.45) is 0 Å². The lowest BCUT2D eigenvalue weighted by molar-refractivity contribution is -0.119. The number of likely N-dealkylation sites (tertiary alicyclic amines) is 1. The Labute approximate surface area is 186 Å². The Kier molecular flexibility index (Phi) is 6.10. The number of nitrogens with zero attached hydrogens (tertiary/aromatic N) is 3. The summed E-state index contributed by atoms with van der Waals surface area (Å²) < 4.78 is 0.872. The van der Waals surface area contributed by atoms with Crippen LogP contribution >= 0.6 is 27.3 Å². The molecule has 1 saturated heterocycles. The highest BCUT2D eigenvalue weighted by Crippen LogP contribution is 2.28. The van der Waals surface area contributed by atoms with Crippen LogP contribution in [-0.4, -0.2) is 39.6 Å². The van der Waals surface area contributed by atoms with Crippen molar-refractivity contribution in [1.29, 1.82) is 0 Å². The average Bonchev–Trinajstić information content (AvgIpc) is 3.38. The zero-order valence-electron chi connectivity index (χ0n) is 16.3. The van der Waals surface area contributed by atoms with Crippen LogP contribution in [0.1, 0.15) is 18.4 Å². The van der Waals surface area contributed by atoms with Gasteiger partial charge in [0, 0.05) is 22.3 Å². The first-order valence-corrected chi connectivity index (χ1v) is 11.1. The Morgan fingerprint density at radius 3 is 2.77 bits per heavy atom. The fourth-order valence-electron chi connectivity index (χ4n) is 3.40. The third kappa shape index (κ3) is 4.68. The van der Waals surface area contributed by atoms with E-state index in [2.05, 4.69) is 36.8 Å². The van der Waals surface area contributed by atoms with E-state index in [1.807, 2.05) is 55.5 Å². The molecular weight excluding hydrogens is 466 g/mol. The lowest BCUT2D eigenvalue weighted by atomic mass is 10.1. The maximum Gasteiger partial charge on any atom is 0.322 e. The van der Waals surface area contributed by atoms with Crippen molar-refractivity contribution in [2.45, 2.75) is 25.8 Å². The number of urea groups is 1. The van der Waals surface area contributed by atoms with E-state index < -0.39 is 6.04 Å². The number of aromatic nitrogens is 2. The summed E-state index contributed by atoms with van der Waals surface area (Å²) in [6.45, 7) is 2.55. The standard InChI is InChI=1S/C21H20BrN5O2S/c1-13-5-2-6-14(11-13)19-25-26-20(30-19)24-18(28)17-9-4-10-27(17)21(29)23-16-8-3-7-15(22)12-16/h2-3,5-8,11-12,17H,4,9-10H2,1H3,(H,23,29)(H,24,26,28). The monoisotopic (exact) mass is 485 g/mol. The van der Waals surface area contributed by atoms with E-state index in [1.165, 1.54) is 11.3 Å². The van der Waals surface area contributed by atoms with Crippen LogP contribution < -0.4 is 10.6 Å². The van der Waals surface area contributed by atoms with Crippen LogP contribution in [0.4, 0.5) is 15.6 Å². The van der Waals surface area contributed by atoms with Crippen molar-refractivity contribution in [2.75, 3.05) is 17.2 Å². The molecule has 0 saturated carbocycles. The lowest BCUT2D eigenvalue weighted by Crippen LogP contribution is -2.45. The molecule has 0 radical (unpaired) electrons. The first-order chi connectivity index (χ1) is 14.5. The van der Waals surface area contributed by atoms with Crippen LogP contribution in [0, 0.1) is 6.92 Å². The van der Waals surface area contributed by atoms with Crippen molar-refractivity contribution in [3.8, 4) is 10.6 Å². The molecular formula is C21H20BrN5O2S. The topological polar surface area (TPSA) is 87.2 Å². The first-order valence-electron chi connectivity index (χ1n) is 9.54. The van der Waals surface area contributed by atoms with Crippen LogP contribution in [0.15, 0.2) is 53.0 Å². The number of hydrogen-bond acceptors (Lipinski definition) is 5. The summed E-state index contributed by atoms with van der Waals surface area (Å²) in [6.07, 6.45) is 1.38. The Morgan fingerprint density at radius 2 is 1.97 bits per heavy atom. The highest BCUT2D eigenvalue weighted by Gasteiger charge is 2.34. The number of nitrogens with one attached hydrogen (secondary N) is 2. The largest absolute Gasteiger partial charge is 0.322 e. The van der Waals surface area contributed by atoms with E-state index in [1.54, 1.807) is 4.90 Å². The van der Waals surface area contributed by atoms with Gasteiger partial charge in [0.2, 0.25) is 11.0 Å². The van der Waals surface area contributed by atoms with Gasteiger partial charge in [-0.2, -0.15) is 0 Å². The molecule has 1 unspecified atom stereocenters. The normalized spacial score (nSPS) is 15.8. The van der Waals surface area contributed by atoms with Gasteiger partial charge in [0.05, 0.1) is 0 Å². The summed E-state index contributed by atoms with van der Waals surface area (Å²) in [6, 6.07) is 14.5. The molecule has 1 atom stereocenters. The van der Waals surface area contributed by atoms with E-state index in [0.717, 1.165) is 27.0 Å². The molecule has 3 amide bonds. The summed E-state index contributed by atoms with van der Waals surface area (Å²) in [4.78, 5) is 27.1. The number of rotatable bonds is 4. The summed E-state index contributed by atoms with van der Waals surface area (Å²) >= 11 is 4.71. The predicted molar refractivity (Wildman–Crippen MR) is 122 cm³/mol. The SMILES string of the molecule is Cc1cccc(-c2nnc(NC(=O)C3CCCN3C(=O)Nc3cccc(Br)c3)s2)c1. The molecule has 0 bridgehead atoms. The van der Waals surface area contributed by atoms with Crippen molar-refractivity contribution in [1.82, 2.24) is 15.1 Å². The van der Waals surface area contributed by atoms with Crippen molar-refractivity contribution < 1.29 is 9.59 Å². The Balaban J connectivity index is 1.42. The summed E-state index contributed by atoms with van der Waals surface area (Å²) in [5, 5.41) is 15.1. The molecule has 2 heterocycles. The van der Waals surface area contributed by atoms with Gasteiger partial charge < -0.3 is 10.2 Å². The number of benzene rings is 2. The molecule has 7 nitrogen and oxygen atoms in total. The highest BCUT2D eigenvalue weighted by molar-refractivity contribution is 9.10. The van der Waals surface area contributed by atoms with Crippen LogP contribution in [0.5, 0.6) is 0 Å². The van der Waals surface area contributed by atoms with Gasteiger partial charge in [-0.3, -0.25) is 10.1 Å². The van der Waals surface area contributed by atoms with E-state index in [-0.39, 0.29) is 11.9 Å². The van der Waals surface area contributed by atoms with Gasteiger partial charge in [-0.05, 0) is 44.0 Å². The lowest BCUT2D eigenvalue weighted by Gasteiger charge is -2.23. The molecule has 0 spiro atoms. The van der Waals surface area contributed by atoms with Crippen LogP contribution in [-0.2, 0) is 4.79 Å². The van der Waals surface area contributed by atoms with Crippen LogP contribution in [0.2, 0.25) is 0 Å². The second-order valence-corrected chi connectivity index (χ2v) is 8.96. The minimum Gasteiger partial charge on any atom is -0.312 e. The molecule has 1 fully saturated rings. The summed E-state index contributed by atoms with van der Waals surface area (Å²) in [5.74, 6) is -0.246. The fraction of sp³-hybridized carbons (Fsp3) is 0.238. The number of hydrogen-bond donors (Lipinski definition) is 2. The molecule has 9 heteroatoms. The molecule has 1 aliphatic rings. The van der Waals surface area contributed by atoms with Gasteiger partial charge in [-0.15, -0.1) is 10.2 Å². The van der Waals surface area contributed by atoms with Gasteiger partial charge in [-0.1, -0.05) is 57.1 Å². The molecule has 3 aromatic rings. The van der Waals surface area contributed by atoms with E-state index in [0.29, 0.717) is 23.8 Å².